The molecule has 6 nitrogen and oxygen atoms in total. The smallest absolute Gasteiger partial charge is 0.331 e. The molecule has 0 aliphatic rings. The first-order valence-corrected chi connectivity index (χ1v) is 7.62. The van der Waals surface area contributed by atoms with Gasteiger partial charge in [0.2, 0.25) is 0 Å². The van der Waals surface area contributed by atoms with Crippen LogP contribution in [0.4, 0.5) is 5.82 Å². The Balaban J connectivity index is 1.87. The van der Waals surface area contributed by atoms with Gasteiger partial charge in [-0.1, -0.05) is 33.2 Å². The van der Waals surface area contributed by atoms with E-state index in [1.54, 1.807) is 19.1 Å². The molecule has 0 unspecified atom stereocenters. The number of aromatic nitrogens is 1. The molecule has 1 heterocycles. The number of aryl methyl sites for hydroxylation is 1. The summed E-state index contributed by atoms with van der Waals surface area (Å²) in [4.78, 5) is 23.6. The molecule has 1 amide bonds. The van der Waals surface area contributed by atoms with Crippen LogP contribution < -0.4 is 5.32 Å². The molecule has 0 spiro atoms. The van der Waals surface area contributed by atoms with Gasteiger partial charge >= 0.3 is 5.97 Å². The second-order valence-corrected chi connectivity index (χ2v) is 5.70. The van der Waals surface area contributed by atoms with Crippen LogP contribution >= 0.6 is 15.9 Å². The number of esters is 1. The van der Waals surface area contributed by atoms with Crippen molar-refractivity contribution < 1.29 is 18.8 Å². The highest BCUT2D eigenvalue weighted by molar-refractivity contribution is 9.10. The van der Waals surface area contributed by atoms with E-state index in [0.29, 0.717) is 5.76 Å². The zero-order valence-electron chi connectivity index (χ0n) is 12.6. The second-order valence-electron chi connectivity index (χ2n) is 4.78. The van der Waals surface area contributed by atoms with Crippen molar-refractivity contribution >= 4 is 39.7 Å². The lowest BCUT2D eigenvalue weighted by molar-refractivity contribution is -0.148. The zero-order chi connectivity index (χ0) is 16.8. The number of rotatable bonds is 5. The standard InChI is InChI=1S/C16H15BrN2O4/c1-10-8-14(19-23-10)18-16(21)11(2)22-15(20)7-6-12-4-3-5-13(17)9-12/h3-9,11H,1-2H3,(H,18,19,21)/b7-6+/t11-/m1/s1. The second kappa shape index (κ2) is 7.73. The fraction of sp³-hybridized carbons (Fsp3) is 0.188. The first-order chi connectivity index (χ1) is 10.9. The van der Waals surface area contributed by atoms with Crippen molar-refractivity contribution in [2.45, 2.75) is 20.0 Å². The molecule has 120 valence electrons. The predicted octanol–water partition coefficient (Wildman–Crippen LogP) is 3.33. The number of ether oxygens (including phenoxy) is 1. The van der Waals surface area contributed by atoms with Crippen molar-refractivity contribution in [2.24, 2.45) is 0 Å². The third-order valence-corrected chi connectivity index (χ3v) is 3.30. The van der Waals surface area contributed by atoms with E-state index in [1.165, 1.54) is 13.0 Å². The van der Waals surface area contributed by atoms with Crippen LogP contribution in [-0.2, 0) is 14.3 Å². The number of halogens is 1. The van der Waals surface area contributed by atoms with E-state index >= 15 is 0 Å². The van der Waals surface area contributed by atoms with E-state index in [4.69, 9.17) is 9.26 Å². The largest absolute Gasteiger partial charge is 0.449 e. The van der Waals surface area contributed by atoms with Crippen LogP contribution in [0.2, 0.25) is 0 Å². The first-order valence-electron chi connectivity index (χ1n) is 6.82. The summed E-state index contributed by atoms with van der Waals surface area (Å²) in [6.07, 6.45) is 1.93. The van der Waals surface area contributed by atoms with Crippen LogP contribution in [0.5, 0.6) is 0 Å². The Morgan fingerprint density at radius 3 is 2.83 bits per heavy atom. The summed E-state index contributed by atoms with van der Waals surface area (Å²) in [7, 11) is 0. The molecule has 0 saturated carbocycles. The average molecular weight is 379 g/mol. The van der Waals surface area contributed by atoms with Gasteiger partial charge in [0.05, 0.1) is 0 Å². The minimum Gasteiger partial charge on any atom is -0.449 e. The van der Waals surface area contributed by atoms with Gasteiger partial charge in [0.15, 0.2) is 11.9 Å². The lowest BCUT2D eigenvalue weighted by Crippen LogP contribution is -2.29. The Hall–Kier alpha value is -2.41. The maximum Gasteiger partial charge on any atom is 0.331 e. The molecule has 0 bridgehead atoms. The van der Waals surface area contributed by atoms with Gasteiger partial charge in [-0.15, -0.1) is 0 Å². The SMILES string of the molecule is Cc1cc(NC(=O)[C@@H](C)OC(=O)/C=C/c2cccc(Br)c2)no1. The number of hydrogen-bond acceptors (Lipinski definition) is 5. The van der Waals surface area contributed by atoms with Crippen LogP contribution in [0.25, 0.3) is 6.08 Å². The normalized spacial score (nSPS) is 12.1. The van der Waals surface area contributed by atoms with E-state index in [0.717, 1.165) is 10.0 Å². The van der Waals surface area contributed by atoms with Gasteiger partial charge in [0.25, 0.3) is 5.91 Å². The van der Waals surface area contributed by atoms with Gasteiger partial charge in [-0.3, -0.25) is 4.79 Å². The highest BCUT2D eigenvalue weighted by Gasteiger charge is 2.17. The van der Waals surface area contributed by atoms with Crippen molar-refractivity contribution in [3.63, 3.8) is 0 Å². The molecule has 7 heteroatoms. The van der Waals surface area contributed by atoms with Gasteiger partial charge in [0.1, 0.15) is 5.76 Å². The molecule has 1 atom stereocenters. The van der Waals surface area contributed by atoms with Gasteiger partial charge in [-0.25, -0.2) is 4.79 Å². The topological polar surface area (TPSA) is 81.4 Å². The highest BCUT2D eigenvalue weighted by atomic mass is 79.9. The van der Waals surface area contributed by atoms with Gasteiger partial charge in [-0.2, -0.15) is 0 Å². The maximum absolute atomic E-state index is 11.9. The summed E-state index contributed by atoms with van der Waals surface area (Å²) >= 11 is 3.35. The van der Waals surface area contributed by atoms with Gasteiger partial charge < -0.3 is 14.6 Å². The molecule has 0 fully saturated rings. The third-order valence-electron chi connectivity index (χ3n) is 2.80. The van der Waals surface area contributed by atoms with E-state index in [2.05, 4.69) is 26.4 Å². The molecule has 1 N–H and O–H groups in total. The van der Waals surface area contributed by atoms with Gasteiger partial charge in [0, 0.05) is 16.6 Å². The van der Waals surface area contributed by atoms with Crippen LogP contribution in [0.1, 0.15) is 18.2 Å². The number of nitrogens with zero attached hydrogens (tertiary/aromatic N) is 1. The van der Waals surface area contributed by atoms with Crippen LogP contribution in [0.15, 0.2) is 45.4 Å². The molecule has 0 aliphatic heterocycles. The number of carbonyl (C=O) groups excluding carboxylic acids is 2. The summed E-state index contributed by atoms with van der Waals surface area (Å²) < 4.78 is 10.8. The van der Waals surface area contributed by atoms with E-state index in [-0.39, 0.29) is 5.82 Å². The summed E-state index contributed by atoms with van der Waals surface area (Å²) in [6.45, 7) is 3.19. The average Bonchev–Trinajstić information content (AvgIpc) is 2.90. The number of nitrogens with one attached hydrogen (secondary N) is 1. The Morgan fingerprint density at radius 2 is 2.17 bits per heavy atom. The van der Waals surface area contributed by atoms with Crippen LogP contribution in [0.3, 0.4) is 0 Å². The third kappa shape index (κ3) is 5.37. The molecule has 0 aliphatic carbocycles. The molecule has 0 radical (unpaired) electrons. The molecule has 23 heavy (non-hydrogen) atoms. The van der Waals surface area contributed by atoms with E-state index < -0.39 is 18.0 Å². The zero-order valence-corrected chi connectivity index (χ0v) is 14.2. The van der Waals surface area contributed by atoms with E-state index in [1.807, 2.05) is 24.3 Å². The van der Waals surface area contributed by atoms with Crippen LogP contribution in [-0.4, -0.2) is 23.1 Å². The monoisotopic (exact) mass is 378 g/mol. The lowest BCUT2D eigenvalue weighted by Gasteiger charge is -2.10. The first kappa shape index (κ1) is 17.0. The molecule has 2 rings (SSSR count). The summed E-state index contributed by atoms with van der Waals surface area (Å²) in [6, 6.07) is 9.00. The van der Waals surface area contributed by atoms with Crippen LogP contribution in [0, 0.1) is 6.92 Å². The van der Waals surface area contributed by atoms with Crippen molar-refractivity contribution in [3.8, 4) is 0 Å². The number of anilines is 1. The Bertz CT molecular complexity index is 739. The number of hydrogen-bond donors (Lipinski definition) is 1. The number of carbonyl (C=O) groups is 2. The minimum atomic E-state index is -0.952. The Morgan fingerprint density at radius 1 is 1.39 bits per heavy atom. The number of benzene rings is 1. The highest BCUT2D eigenvalue weighted by Crippen LogP contribution is 2.13. The van der Waals surface area contributed by atoms with Crippen molar-refractivity contribution in [1.29, 1.82) is 0 Å². The quantitative estimate of drug-likeness (QED) is 0.637. The summed E-state index contributed by atoms with van der Waals surface area (Å²) in [5, 5.41) is 6.13. The number of amides is 1. The minimum absolute atomic E-state index is 0.278. The molecule has 2 aromatic rings. The van der Waals surface area contributed by atoms with Crippen molar-refractivity contribution in [3.05, 3.63) is 52.2 Å². The molecular weight excluding hydrogens is 364 g/mol. The van der Waals surface area contributed by atoms with Crippen molar-refractivity contribution in [2.75, 3.05) is 5.32 Å². The Kier molecular flexibility index (Phi) is 5.70. The fourth-order valence-corrected chi connectivity index (χ4v) is 2.11. The fourth-order valence-electron chi connectivity index (χ4n) is 1.69. The molecular formula is C16H15BrN2O4. The van der Waals surface area contributed by atoms with E-state index in [9.17, 15) is 9.59 Å². The summed E-state index contributed by atoms with van der Waals surface area (Å²) in [5.41, 5.74) is 0.839. The maximum atomic E-state index is 11.9. The summed E-state index contributed by atoms with van der Waals surface area (Å²) in [5.74, 6) is -0.242. The predicted molar refractivity (Wildman–Crippen MR) is 88.6 cm³/mol. The lowest BCUT2D eigenvalue weighted by atomic mass is 10.2. The molecule has 1 aromatic heterocycles. The molecule has 1 aromatic carbocycles. The molecule has 0 saturated heterocycles. The van der Waals surface area contributed by atoms with Crippen molar-refractivity contribution in [1.82, 2.24) is 5.16 Å². The van der Waals surface area contributed by atoms with Gasteiger partial charge in [-0.05, 0) is 37.6 Å². The Labute approximate surface area is 141 Å².